The van der Waals surface area contributed by atoms with Crippen LogP contribution in [0.4, 0.5) is 22.2 Å². The van der Waals surface area contributed by atoms with E-state index in [1.807, 2.05) is 6.92 Å². The van der Waals surface area contributed by atoms with Crippen LogP contribution in [0.5, 0.6) is 0 Å². The fourth-order valence-electron chi connectivity index (χ4n) is 1.45. The third-order valence-corrected chi connectivity index (χ3v) is 4.06. The number of thioether (sulfide) groups is 1. The van der Waals surface area contributed by atoms with E-state index in [2.05, 4.69) is 25.7 Å². The van der Waals surface area contributed by atoms with Crippen molar-refractivity contribution in [3.63, 3.8) is 0 Å². The van der Waals surface area contributed by atoms with Crippen LogP contribution in [0.25, 0.3) is 0 Å². The Morgan fingerprint density at radius 1 is 1.43 bits per heavy atom. The van der Waals surface area contributed by atoms with Gasteiger partial charge in [0.25, 0.3) is 5.13 Å². The van der Waals surface area contributed by atoms with Gasteiger partial charge >= 0.3 is 0 Å². The third kappa shape index (κ3) is 4.50. The first kappa shape index (κ1) is 15.4. The number of amides is 1. The zero-order valence-corrected chi connectivity index (χ0v) is 13.2. The van der Waals surface area contributed by atoms with Crippen molar-refractivity contribution >= 4 is 51.2 Å². The highest BCUT2D eigenvalue weighted by Gasteiger charge is 2.06. The zero-order valence-electron chi connectivity index (χ0n) is 11.5. The van der Waals surface area contributed by atoms with Crippen LogP contribution >= 0.6 is 23.1 Å². The highest BCUT2D eigenvalue weighted by Crippen LogP contribution is 2.31. The van der Waals surface area contributed by atoms with E-state index in [1.165, 1.54) is 18.3 Å². The van der Waals surface area contributed by atoms with Gasteiger partial charge in [0.05, 0.1) is 5.69 Å². The second-order valence-corrected chi connectivity index (χ2v) is 6.41. The van der Waals surface area contributed by atoms with Gasteiger partial charge in [-0.2, -0.15) is 0 Å². The number of hydrogen-bond acceptors (Lipinski definition) is 8. The lowest BCUT2D eigenvalue weighted by Gasteiger charge is -2.05. The molecule has 0 bridgehead atoms. The molecule has 0 saturated heterocycles. The Balaban J connectivity index is 2.20. The van der Waals surface area contributed by atoms with E-state index in [-0.39, 0.29) is 5.91 Å². The number of nitrogens with two attached hydrogens (primary N) is 1. The molecule has 0 spiro atoms. The number of rotatable bonds is 5. The minimum atomic E-state index is -0.199. The van der Waals surface area contributed by atoms with Crippen LogP contribution in [-0.4, -0.2) is 21.9 Å². The van der Waals surface area contributed by atoms with Gasteiger partial charge in [0, 0.05) is 12.6 Å². The van der Waals surface area contributed by atoms with Gasteiger partial charge in [-0.25, -0.2) is 0 Å². The van der Waals surface area contributed by atoms with Gasteiger partial charge in [0.2, 0.25) is 5.91 Å². The fraction of sp³-hybridized carbons (Fsp3) is 0.250. The monoisotopic (exact) mass is 322 g/mol. The van der Waals surface area contributed by atoms with Crippen molar-refractivity contribution < 1.29 is 4.79 Å². The normalized spacial score (nSPS) is 11.0. The molecule has 0 atom stereocenters. The van der Waals surface area contributed by atoms with Gasteiger partial charge in [-0.3, -0.25) is 4.79 Å². The van der Waals surface area contributed by atoms with Crippen LogP contribution in [-0.2, 0) is 4.79 Å². The van der Waals surface area contributed by atoms with Gasteiger partial charge in [-0.15, -0.1) is 20.4 Å². The Bertz CT molecular complexity index is 670. The molecule has 0 aliphatic heterocycles. The number of anilines is 2. The topological polar surface area (TPSA) is 106 Å². The van der Waals surface area contributed by atoms with Gasteiger partial charge in [-0.1, -0.05) is 30.0 Å². The SMILES string of the molecule is CCSc1nnc(N=Nc2ccc(N)cc2NC(C)=O)s1. The Morgan fingerprint density at radius 2 is 2.24 bits per heavy atom. The van der Waals surface area contributed by atoms with Gasteiger partial charge in [-0.05, 0) is 24.0 Å². The average molecular weight is 322 g/mol. The zero-order chi connectivity index (χ0) is 15.2. The number of azo groups is 1. The maximum Gasteiger partial charge on any atom is 0.252 e. The van der Waals surface area contributed by atoms with Crippen molar-refractivity contribution in [3.8, 4) is 0 Å². The second kappa shape index (κ2) is 7.14. The predicted molar refractivity (Wildman–Crippen MR) is 85.6 cm³/mol. The number of nitrogens with one attached hydrogen (secondary N) is 1. The smallest absolute Gasteiger partial charge is 0.252 e. The molecule has 21 heavy (non-hydrogen) atoms. The molecule has 2 rings (SSSR count). The molecule has 110 valence electrons. The van der Waals surface area contributed by atoms with Crippen molar-refractivity contribution in [2.24, 2.45) is 10.2 Å². The van der Waals surface area contributed by atoms with Crippen molar-refractivity contribution in [1.82, 2.24) is 10.2 Å². The van der Waals surface area contributed by atoms with E-state index in [0.29, 0.717) is 22.2 Å². The summed E-state index contributed by atoms with van der Waals surface area (Å²) in [4.78, 5) is 11.2. The summed E-state index contributed by atoms with van der Waals surface area (Å²) in [5.74, 6) is 0.728. The molecular weight excluding hydrogens is 308 g/mol. The summed E-state index contributed by atoms with van der Waals surface area (Å²) in [6, 6.07) is 5.01. The fourth-order valence-corrected chi connectivity index (χ4v) is 3.01. The molecule has 0 saturated carbocycles. The molecular formula is C12H14N6OS2. The molecule has 7 nitrogen and oxygen atoms in total. The predicted octanol–water partition coefficient (Wildman–Crippen LogP) is 3.61. The molecule has 1 aromatic carbocycles. The molecule has 0 unspecified atom stereocenters. The minimum Gasteiger partial charge on any atom is -0.399 e. The summed E-state index contributed by atoms with van der Waals surface area (Å²) in [5, 5.41) is 19.2. The van der Waals surface area contributed by atoms with Crippen molar-refractivity contribution in [3.05, 3.63) is 18.2 Å². The Morgan fingerprint density at radius 3 is 2.95 bits per heavy atom. The molecule has 2 aromatic rings. The van der Waals surface area contributed by atoms with Crippen LogP contribution in [0, 0.1) is 0 Å². The molecule has 0 aliphatic rings. The molecule has 1 amide bonds. The number of nitrogens with zero attached hydrogens (tertiary/aromatic N) is 4. The van der Waals surface area contributed by atoms with Gasteiger partial charge in [0.15, 0.2) is 4.34 Å². The molecule has 1 heterocycles. The maximum absolute atomic E-state index is 11.2. The van der Waals surface area contributed by atoms with E-state index in [9.17, 15) is 4.79 Å². The van der Waals surface area contributed by atoms with Crippen LogP contribution < -0.4 is 11.1 Å². The van der Waals surface area contributed by atoms with Crippen molar-refractivity contribution in [2.75, 3.05) is 16.8 Å². The van der Waals surface area contributed by atoms with Gasteiger partial charge in [0.1, 0.15) is 5.69 Å². The number of aromatic nitrogens is 2. The first-order chi connectivity index (χ1) is 10.1. The van der Waals surface area contributed by atoms with E-state index < -0.39 is 0 Å². The maximum atomic E-state index is 11.2. The molecule has 9 heteroatoms. The van der Waals surface area contributed by atoms with Gasteiger partial charge < -0.3 is 11.1 Å². The standard InChI is InChI=1S/C12H14N6OS2/c1-3-20-12-18-17-11(21-12)16-15-9-5-4-8(13)6-10(9)14-7(2)19/h4-6H,3,13H2,1-2H3,(H,14,19). The van der Waals surface area contributed by atoms with Crippen molar-refractivity contribution in [1.29, 1.82) is 0 Å². The molecule has 0 fully saturated rings. The Kier molecular flexibility index (Phi) is 5.23. The van der Waals surface area contributed by atoms with Crippen molar-refractivity contribution in [2.45, 2.75) is 18.2 Å². The number of carbonyl (C=O) groups is 1. The van der Waals surface area contributed by atoms with Crippen LogP contribution in [0.3, 0.4) is 0 Å². The largest absolute Gasteiger partial charge is 0.399 e. The number of benzene rings is 1. The van der Waals surface area contributed by atoms with E-state index in [4.69, 9.17) is 5.73 Å². The lowest BCUT2D eigenvalue weighted by molar-refractivity contribution is -0.114. The number of hydrogen-bond donors (Lipinski definition) is 2. The summed E-state index contributed by atoms with van der Waals surface area (Å²) in [6.07, 6.45) is 0. The number of carbonyl (C=O) groups excluding carboxylic acids is 1. The summed E-state index contributed by atoms with van der Waals surface area (Å²) < 4.78 is 0.853. The molecule has 1 aromatic heterocycles. The first-order valence-electron chi connectivity index (χ1n) is 6.13. The van der Waals surface area contributed by atoms with Crippen LogP contribution in [0.1, 0.15) is 13.8 Å². The quantitative estimate of drug-likeness (QED) is 0.497. The lowest BCUT2D eigenvalue weighted by atomic mass is 10.2. The minimum absolute atomic E-state index is 0.199. The van der Waals surface area contributed by atoms with Crippen LogP contribution in [0.2, 0.25) is 0 Å². The van der Waals surface area contributed by atoms with E-state index >= 15 is 0 Å². The summed E-state index contributed by atoms with van der Waals surface area (Å²) in [7, 11) is 0. The summed E-state index contributed by atoms with van der Waals surface area (Å²) in [6.45, 7) is 3.46. The third-order valence-electron chi connectivity index (χ3n) is 2.24. The van der Waals surface area contributed by atoms with Crippen LogP contribution in [0.15, 0.2) is 32.8 Å². The highest BCUT2D eigenvalue weighted by molar-refractivity contribution is 8.01. The summed E-state index contributed by atoms with van der Waals surface area (Å²) >= 11 is 2.97. The highest BCUT2D eigenvalue weighted by atomic mass is 32.2. The summed E-state index contributed by atoms with van der Waals surface area (Å²) in [5.41, 5.74) is 7.26. The molecule has 0 radical (unpaired) electrons. The molecule has 0 aliphatic carbocycles. The second-order valence-electron chi connectivity index (χ2n) is 3.94. The Hall–Kier alpha value is -2.00. The lowest BCUT2D eigenvalue weighted by Crippen LogP contribution is -2.06. The number of nitrogen functional groups attached to an aromatic ring is 1. The van der Waals surface area contributed by atoms with E-state index in [0.717, 1.165) is 10.1 Å². The van der Waals surface area contributed by atoms with E-state index in [1.54, 1.807) is 30.0 Å². The first-order valence-corrected chi connectivity index (χ1v) is 7.94. The molecule has 3 N–H and O–H groups in total. The Labute approximate surface area is 130 Å². The average Bonchev–Trinajstić information content (AvgIpc) is 2.85.